The number of nitrogens with zero attached hydrogens (tertiary/aromatic N) is 3. The number of nitrogens with two attached hydrogens (primary N) is 1. The van der Waals surface area contributed by atoms with E-state index in [1.807, 2.05) is 17.9 Å². The summed E-state index contributed by atoms with van der Waals surface area (Å²) in [5.74, 6) is 0.559. The van der Waals surface area contributed by atoms with Gasteiger partial charge >= 0.3 is 0 Å². The fourth-order valence-corrected chi connectivity index (χ4v) is 2.36. The Balaban J connectivity index is 1.94. The van der Waals surface area contributed by atoms with Gasteiger partial charge in [0.05, 0.1) is 17.4 Å². The molecule has 2 rings (SSSR count). The summed E-state index contributed by atoms with van der Waals surface area (Å²) in [6.45, 7) is 5.06. The van der Waals surface area contributed by atoms with Crippen molar-refractivity contribution in [2.75, 3.05) is 26.7 Å². The zero-order valence-corrected chi connectivity index (χ0v) is 12.1. The summed E-state index contributed by atoms with van der Waals surface area (Å²) in [5, 5.41) is 0. The van der Waals surface area contributed by atoms with Crippen molar-refractivity contribution in [3.63, 3.8) is 0 Å². The summed E-state index contributed by atoms with van der Waals surface area (Å²) >= 11 is 0. The van der Waals surface area contributed by atoms with Crippen molar-refractivity contribution in [1.29, 1.82) is 0 Å². The lowest BCUT2D eigenvalue weighted by Gasteiger charge is -2.20. The maximum Gasteiger partial charge on any atom is 0.0955 e. The molecule has 1 heterocycles. The average Bonchev–Trinajstić information content (AvgIpc) is 2.77. The highest BCUT2D eigenvalue weighted by molar-refractivity contribution is 5.75. The summed E-state index contributed by atoms with van der Waals surface area (Å²) in [6.07, 6.45) is 2.92. The molecule has 4 heteroatoms. The van der Waals surface area contributed by atoms with Crippen molar-refractivity contribution in [1.82, 2.24) is 14.5 Å². The molecule has 0 radical (unpaired) electrons. The molecule has 4 nitrogen and oxygen atoms in total. The van der Waals surface area contributed by atoms with Crippen LogP contribution in [0.3, 0.4) is 0 Å². The minimum Gasteiger partial charge on any atom is -0.334 e. The number of benzene rings is 1. The molecular weight excluding hydrogens is 236 g/mol. The van der Waals surface area contributed by atoms with Gasteiger partial charge in [0.2, 0.25) is 0 Å². The quantitative estimate of drug-likeness (QED) is 0.859. The fourth-order valence-electron chi connectivity index (χ4n) is 2.36. The van der Waals surface area contributed by atoms with Gasteiger partial charge in [0.25, 0.3) is 0 Å². The van der Waals surface area contributed by atoms with Crippen LogP contribution in [0.1, 0.15) is 12.5 Å². The van der Waals surface area contributed by atoms with E-state index in [4.69, 9.17) is 5.73 Å². The maximum atomic E-state index is 5.65. The van der Waals surface area contributed by atoms with Crippen molar-refractivity contribution in [2.45, 2.75) is 13.3 Å². The number of aromatic nitrogens is 2. The van der Waals surface area contributed by atoms with E-state index >= 15 is 0 Å². The van der Waals surface area contributed by atoms with Crippen LogP contribution in [0.4, 0.5) is 0 Å². The topological polar surface area (TPSA) is 47.1 Å². The maximum absolute atomic E-state index is 5.65. The Bertz CT molecular complexity index is 532. The Labute approximate surface area is 115 Å². The van der Waals surface area contributed by atoms with Gasteiger partial charge in [0.15, 0.2) is 0 Å². The first-order chi connectivity index (χ1) is 9.10. The monoisotopic (exact) mass is 260 g/mol. The largest absolute Gasteiger partial charge is 0.334 e. The van der Waals surface area contributed by atoms with Gasteiger partial charge in [0.1, 0.15) is 0 Å². The number of rotatable bonds is 6. The minimum atomic E-state index is 0.559. The van der Waals surface area contributed by atoms with Crippen LogP contribution in [0, 0.1) is 5.92 Å². The first kappa shape index (κ1) is 14.0. The van der Waals surface area contributed by atoms with E-state index in [0.29, 0.717) is 5.92 Å². The molecule has 0 aliphatic rings. The number of hydrogen-bond donors (Lipinski definition) is 1. The molecule has 2 N–H and O–H groups in total. The third-order valence-corrected chi connectivity index (χ3v) is 3.60. The Morgan fingerprint density at radius 3 is 2.95 bits per heavy atom. The van der Waals surface area contributed by atoms with Gasteiger partial charge < -0.3 is 15.2 Å². The van der Waals surface area contributed by atoms with Crippen molar-refractivity contribution < 1.29 is 0 Å². The third kappa shape index (κ3) is 3.55. The average molecular weight is 260 g/mol. The minimum absolute atomic E-state index is 0.559. The summed E-state index contributed by atoms with van der Waals surface area (Å²) in [7, 11) is 4.18. The number of likely N-dealkylation sites (N-methyl/N-ethyl adjacent to an activating group) is 1. The first-order valence-corrected chi connectivity index (χ1v) is 6.88. The van der Waals surface area contributed by atoms with E-state index in [1.54, 1.807) is 0 Å². The second-order valence-corrected chi connectivity index (χ2v) is 5.53. The number of aryl methyl sites for hydroxylation is 1. The molecule has 104 valence electrons. The fraction of sp³-hybridized carbons (Fsp3) is 0.533. The number of fused-ring (bicyclic) bond motifs is 1. The van der Waals surface area contributed by atoms with E-state index in [2.05, 4.69) is 42.1 Å². The lowest BCUT2D eigenvalue weighted by atomic mass is 10.1. The standard InChI is InChI=1S/C15H24N4/c1-12(9-16)10-18(2)7-6-13-4-5-15-14(8-13)17-11-19(15)3/h4-5,8,11-12H,6-7,9-10,16H2,1-3H3. The van der Waals surface area contributed by atoms with Crippen LogP contribution in [0.25, 0.3) is 11.0 Å². The summed E-state index contributed by atoms with van der Waals surface area (Å²) in [4.78, 5) is 6.75. The highest BCUT2D eigenvalue weighted by Gasteiger charge is 2.06. The predicted molar refractivity (Wildman–Crippen MR) is 80.1 cm³/mol. The van der Waals surface area contributed by atoms with Gasteiger partial charge in [-0.15, -0.1) is 0 Å². The van der Waals surface area contributed by atoms with Crippen LogP contribution in [0.15, 0.2) is 24.5 Å². The molecule has 0 aliphatic carbocycles. The molecule has 0 saturated heterocycles. The highest BCUT2D eigenvalue weighted by Crippen LogP contribution is 2.14. The van der Waals surface area contributed by atoms with Crippen molar-refractivity contribution >= 4 is 11.0 Å². The Morgan fingerprint density at radius 1 is 1.42 bits per heavy atom. The molecule has 0 aliphatic heterocycles. The van der Waals surface area contributed by atoms with E-state index in [1.165, 1.54) is 11.1 Å². The predicted octanol–water partition coefficient (Wildman–Crippen LogP) is 1.64. The molecule has 0 amide bonds. The Kier molecular flexibility index (Phi) is 4.56. The van der Waals surface area contributed by atoms with E-state index < -0.39 is 0 Å². The van der Waals surface area contributed by atoms with Crippen LogP contribution in [-0.4, -0.2) is 41.1 Å². The molecular formula is C15H24N4. The lowest BCUT2D eigenvalue weighted by molar-refractivity contribution is 0.292. The molecule has 1 atom stereocenters. The van der Waals surface area contributed by atoms with E-state index in [0.717, 1.165) is 31.6 Å². The van der Waals surface area contributed by atoms with Gasteiger partial charge in [-0.25, -0.2) is 4.98 Å². The van der Waals surface area contributed by atoms with Crippen LogP contribution >= 0.6 is 0 Å². The lowest BCUT2D eigenvalue weighted by Crippen LogP contribution is -2.29. The van der Waals surface area contributed by atoms with Gasteiger partial charge in [-0.1, -0.05) is 13.0 Å². The van der Waals surface area contributed by atoms with E-state index in [-0.39, 0.29) is 0 Å². The Morgan fingerprint density at radius 2 is 2.21 bits per heavy atom. The summed E-state index contributed by atoms with van der Waals surface area (Å²) < 4.78 is 2.05. The number of imidazole rings is 1. The summed E-state index contributed by atoms with van der Waals surface area (Å²) in [5.41, 5.74) is 9.27. The SMILES string of the molecule is CC(CN)CN(C)CCc1ccc2c(c1)ncn2C. The van der Waals surface area contributed by atoms with Crippen LogP contribution in [-0.2, 0) is 13.5 Å². The van der Waals surface area contributed by atoms with Crippen molar-refractivity contribution in [3.05, 3.63) is 30.1 Å². The van der Waals surface area contributed by atoms with Crippen LogP contribution in [0.2, 0.25) is 0 Å². The second-order valence-electron chi connectivity index (χ2n) is 5.53. The van der Waals surface area contributed by atoms with Gasteiger partial charge in [-0.05, 0) is 43.6 Å². The zero-order chi connectivity index (χ0) is 13.8. The van der Waals surface area contributed by atoms with Crippen LogP contribution in [0.5, 0.6) is 0 Å². The van der Waals surface area contributed by atoms with Gasteiger partial charge in [-0.3, -0.25) is 0 Å². The van der Waals surface area contributed by atoms with Crippen LogP contribution < -0.4 is 5.73 Å². The molecule has 0 bridgehead atoms. The highest BCUT2D eigenvalue weighted by atomic mass is 15.1. The first-order valence-electron chi connectivity index (χ1n) is 6.88. The normalized spacial score (nSPS) is 13.3. The van der Waals surface area contributed by atoms with Crippen molar-refractivity contribution in [2.24, 2.45) is 18.7 Å². The Hall–Kier alpha value is -1.39. The van der Waals surface area contributed by atoms with Gasteiger partial charge in [-0.2, -0.15) is 0 Å². The molecule has 1 aromatic heterocycles. The third-order valence-electron chi connectivity index (χ3n) is 3.60. The smallest absolute Gasteiger partial charge is 0.0955 e. The molecule has 1 unspecified atom stereocenters. The zero-order valence-electron chi connectivity index (χ0n) is 12.1. The molecule has 0 fully saturated rings. The van der Waals surface area contributed by atoms with E-state index in [9.17, 15) is 0 Å². The molecule has 0 saturated carbocycles. The number of hydrogen-bond acceptors (Lipinski definition) is 3. The molecule has 1 aromatic carbocycles. The second kappa shape index (κ2) is 6.17. The summed E-state index contributed by atoms with van der Waals surface area (Å²) in [6, 6.07) is 6.54. The van der Waals surface area contributed by atoms with Crippen molar-refractivity contribution in [3.8, 4) is 0 Å². The molecule has 19 heavy (non-hydrogen) atoms. The van der Waals surface area contributed by atoms with Gasteiger partial charge in [0, 0.05) is 20.1 Å². The molecule has 2 aromatic rings. The molecule has 0 spiro atoms.